The number of aromatic nitrogens is 2. The third-order valence-electron chi connectivity index (χ3n) is 7.89. The fourth-order valence-corrected chi connectivity index (χ4v) is 9.46. The number of nitrogens with zero attached hydrogens (tertiary/aromatic N) is 3. The quantitative estimate of drug-likeness (QED) is 0.814. The van der Waals surface area contributed by atoms with E-state index < -0.39 is 6.04 Å². The molecular formula is C20H26N4O2S2. The molecule has 7 rings (SSSR count). The van der Waals surface area contributed by atoms with Crippen LogP contribution in [0.3, 0.4) is 0 Å². The van der Waals surface area contributed by atoms with Crippen molar-refractivity contribution < 1.29 is 9.59 Å². The average Bonchev–Trinajstić information content (AvgIpc) is 3.30. The Labute approximate surface area is 173 Å². The highest BCUT2D eigenvalue weighted by Gasteiger charge is 2.54. The van der Waals surface area contributed by atoms with Gasteiger partial charge in [0.25, 0.3) is 0 Å². The minimum atomic E-state index is -0.392. The van der Waals surface area contributed by atoms with Gasteiger partial charge in [-0.25, -0.2) is 0 Å². The first-order chi connectivity index (χ1) is 13.4. The SMILES string of the molecule is CC12CCC(=O)N1C(C(=O)Nc1nnc(C34CC5CC(CC(C5)C3)C4)s1)CS2. The van der Waals surface area contributed by atoms with Gasteiger partial charge in [-0.3, -0.25) is 14.9 Å². The van der Waals surface area contributed by atoms with Gasteiger partial charge in [-0.05, 0) is 69.6 Å². The van der Waals surface area contributed by atoms with Gasteiger partial charge in [0.15, 0.2) is 0 Å². The molecule has 4 saturated carbocycles. The van der Waals surface area contributed by atoms with Gasteiger partial charge in [0, 0.05) is 17.6 Å². The summed E-state index contributed by atoms with van der Waals surface area (Å²) in [5.74, 6) is 3.24. The lowest BCUT2D eigenvalue weighted by Gasteiger charge is -2.55. The summed E-state index contributed by atoms with van der Waals surface area (Å²) in [5, 5.41) is 13.6. The molecule has 0 aromatic carbocycles. The summed E-state index contributed by atoms with van der Waals surface area (Å²) in [6.45, 7) is 2.08. The molecule has 6 fully saturated rings. The molecule has 4 bridgehead atoms. The molecule has 4 aliphatic carbocycles. The molecule has 8 heteroatoms. The second-order valence-corrected chi connectivity index (χ2v) is 12.3. The Morgan fingerprint density at radius 2 is 1.82 bits per heavy atom. The number of carbonyl (C=O) groups excluding carboxylic acids is 2. The van der Waals surface area contributed by atoms with Crippen molar-refractivity contribution in [2.45, 2.75) is 74.6 Å². The molecule has 6 aliphatic rings. The number of nitrogens with one attached hydrogen (secondary N) is 1. The molecule has 1 aromatic heterocycles. The van der Waals surface area contributed by atoms with Crippen LogP contribution >= 0.6 is 23.1 Å². The maximum atomic E-state index is 12.9. The van der Waals surface area contributed by atoms with Crippen molar-refractivity contribution in [3.05, 3.63) is 5.01 Å². The zero-order valence-corrected chi connectivity index (χ0v) is 17.8. The van der Waals surface area contributed by atoms with E-state index in [0.717, 1.165) is 29.2 Å². The summed E-state index contributed by atoms with van der Waals surface area (Å²) in [5.41, 5.74) is 0.210. The highest BCUT2D eigenvalue weighted by atomic mass is 32.2. The molecule has 150 valence electrons. The Bertz CT molecular complexity index is 820. The van der Waals surface area contributed by atoms with Gasteiger partial charge in [-0.2, -0.15) is 0 Å². The zero-order valence-electron chi connectivity index (χ0n) is 16.1. The molecule has 2 unspecified atom stereocenters. The predicted molar refractivity (Wildman–Crippen MR) is 109 cm³/mol. The third-order valence-corrected chi connectivity index (χ3v) is 10.5. The van der Waals surface area contributed by atoms with Crippen molar-refractivity contribution in [1.82, 2.24) is 15.1 Å². The van der Waals surface area contributed by atoms with Crippen molar-refractivity contribution in [3.8, 4) is 0 Å². The third kappa shape index (κ3) is 2.52. The largest absolute Gasteiger partial charge is 0.315 e. The summed E-state index contributed by atoms with van der Waals surface area (Å²) in [6.07, 6.45) is 9.35. The Hall–Kier alpha value is -1.15. The Balaban J connectivity index is 1.20. The standard InChI is InChI=1S/C20H26N4O2S2/c1-19-3-2-15(25)24(19)14(10-27-19)16(26)21-18-23-22-17(28-18)20-7-11-4-12(8-20)6-13(5-11)9-20/h11-14H,2-10H2,1H3,(H,21,23,26). The van der Waals surface area contributed by atoms with Crippen LogP contribution in [0.5, 0.6) is 0 Å². The van der Waals surface area contributed by atoms with E-state index in [1.54, 1.807) is 28.0 Å². The summed E-state index contributed by atoms with van der Waals surface area (Å²) in [7, 11) is 0. The first kappa shape index (κ1) is 17.7. The summed E-state index contributed by atoms with van der Waals surface area (Å²) in [4.78, 5) is 26.8. The van der Waals surface area contributed by atoms with Crippen LogP contribution in [0.25, 0.3) is 0 Å². The van der Waals surface area contributed by atoms with E-state index in [4.69, 9.17) is 0 Å². The average molecular weight is 419 g/mol. The van der Waals surface area contributed by atoms with Crippen molar-refractivity contribution >= 4 is 40.0 Å². The maximum absolute atomic E-state index is 12.9. The van der Waals surface area contributed by atoms with Gasteiger partial charge < -0.3 is 4.90 Å². The monoisotopic (exact) mass is 418 g/mol. The molecule has 0 radical (unpaired) electrons. The van der Waals surface area contributed by atoms with Crippen LogP contribution in [-0.4, -0.2) is 43.6 Å². The predicted octanol–water partition coefficient (Wildman–Crippen LogP) is 3.40. The van der Waals surface area contributed by atoms with Crippen LogP contribution in [0.4, 0.5) is 5.13 Å². The summed E-state index contributed by atoms with van der Waals surface area (Å²) in [6, 6.07) is -0.392. The maximum Gasteiger partial charge on any atom is 0.249 e. The number of carbonyl (C=O) groups is 2. The number of fused-ring (bicyclic) bond motifs is 1. The topological polar surface area (TPSA) is 75.2 Å². The van der Waals surface area contributed by atoms with Crippen molar-refractivity contribution in [2.75, 3.05) is 11.1 Å². The van der Waals surface area contributed by atoms with E-state index in [9.17, 15) is 9.59 Å². The first-order valence-electron chi connectivity index (χ1n) is 10.6. The van der Waals surface area contributed by atoms with Crippen LogP contribution in [0, 0.1) is 17.8 Å². The molecule has 3 heterocycles. The van der Waals surface area contributed by atoms with Gasteiger partial charge in [0.2, 0.25) is 16.9 Å². The second-order valence-electron chi connectivity index (χ2n) is 9.87. The van der Waals surface area contributed by atoms with Crippen LogP contribution in [0.15, 0.2) is 0 Å². The Morgan fingerprint density at radius 3 is 2.50 bits per heavy atom. The Morgan fingerprint density at radius 1 is 1.14 bits per heavy atom. The van der Waals surface area contributed by atoms with Gasteiger partial charge in [-0.1, -0.05) is 11.3 Å². The highest BCUT2D eigenvalue weighted by Crippen LogP contribution is 2.61. The van der Waals surface area contributed by atoms with Gasteiger partial charge in [0.1, 0.15) is 11.0 Å². The highest BCUT2D eigenvalue weighted by molar-refractivity contribution is 8.01. The first-order valence-corrected chi connectivity index (χ1v) is 12.4. The molecule has 2 saturated heterocycles. The molecule has 1 aromatic rings. The normalized spacial score (nSPS) is 43.6. The number of amides is 2. The summed E-state index contributed by atoms with van der Waals surface area (Å²) >= 11 is 3.29. The molecule has 0 spiro atoms. The fourth-order valence-electron chi connectivity index (χ4n) is 7.06. The molecule has 2 atom stereocenters. The van der Waals surface area contributed by atoms with E-state index in [1.807, 2.05) is 0 Å². The van der Waals surface area contributed by atoms with Crippen molar-refractivity contribution in [3.63, 3.8) is 0 Å². The van der Waals surface area contributed by atoms with E-state index in [-0.39, 0.29) is 22.1 Å². The fraction of sp³-hybridized carbons (Fsp3) is 0.800. The van der Waals surface area contributed by atoms with Crippen LogP contribution in [0.2, 0.25) is 0 Å². The van der Waals surface area contributed by atoms with Crippen molar-refractivity contribution in [2.24, 2.45) is 17.8 Å². The van der Waals surface area contributed by atoms with Crippen LogP contribution in [0.1, 0.15) is 63.3 Å². The molecule has 28 heavy (non-hydrogen) atoms. The molecule has 1 N–H and O–H groups in total. The van der Waals surface area contributed by atoms with E-state index in [2.05, 4.69) is 22.4 Å². The van der Waals surface area contributed by atoms with Gasteiger partial charge in [0.05, 0.1) is 4.87 Å². The van der Waals surface area contributed by atoms with Crippen LogP contribution < -0.4 is 5.32 Å². The number of thioether (sulfide) groups is 1. The lowest BCUT2D eigenvalue weighted by molar-refractivity contribution is -0.135. The number of rotatable bonds is 3. The minimum Gasteiger partial charge on any atom is -0.315 e. The smallest absolute Gasteiger partial charge is 0.249 e. The lowest BCUT2D eigenvalue weighted by Crippen LogP contribution is -2.48. The molecule has 6 nitrogen and oxygen atoms in total. The van der Waals surface area contributed by atoms with Gasteiger partial charge >= 0.3 is 0 Å². The lowest BCUT2D eigenvalue weighted by atomic mass is 9.50. The minimum absolute atomic E-state index is 0.0965. The Kier molecular flexibility index (Phi) is 3.75. The number of hydrogen-bond acceptors (Lipinski definition) is 6. The zero-order chi connectivity index (χ0) is 19.1. The molecular weight excluding hydrogens is 392 g/mol. The molecule has 2 aliphatic heterocycles. The number of anilines is 1. The van der Waals surface area contributed by atoms with E-state index in [0.29, 0.717) is 17.3 Å². The van der Waals surface area contributed by atoms with E-state index >= 15 is 0 Å². The van der Waals surface area contributed by atoms with Crippen molar-refractivity contribution in [1.29, 1.82) is 0 Å². The second kappa shape index (κ2) is 5.94. The number of hydrogen-bond donors (Lipinski definition) is 1. The van der Waals surface area contributed by atoms with Gasteiger partial charge in [-0.15, -0.1) is 22.0 Å². The van der Waals surface area contributed by atoms with E-state index in [1.165, 1.54) is 38.5 Å². The molecule has 2 amide bonds. The van der Waals surface area contributed by atoms with Crippen LogP contribution in [-0.2, 0) is 15.0 Å². The summed E-state index contributed by atoms with van der Waals surface area (Å²) < 4.78 is 0.